The third-order valence-electron chi connectivity index (χ3n) is 5.39. The number of rotatable bonds is 6. The molecule has 0 heterocycles. The van der Waals surface area contributed by atoms with E-state index in [9.17, 15) is 22.8 Å². The van der Waals surface area contributed by atoms with E-state index in [1.165, 1.54) is 12.1 Å². The number of alkyl carbamates (subject to hydrolysis) is 1. The maximum atomic E-state index is 13.6. The Bertz CT molecular complexity index is 1040. The van der Waals surface area contributed by atoms with Gasteiger partial charge in [0.15, 0.2) is 17.6 Å². The molecule has 1 aliphatic rings. The minimum absolute atomic E-state index is 0.0124. The van der Waals surface area contributed by atoms with Crippen LogP contribution in [0.4, 0.5) is 18.0 Å². The van der Waals surface area contributed by atoms with Crippen molar-refractivity contribution in [2.45, 2.75) is 51.2 Å². The minimum Gasteiger partial charge on any atom is -0.450 e. The Balaban J connectivity index is 1.67. The summed E-state index contributed by atoms with van der Waals surface area (Å²) in [6, 6.07) is 8.72. The molecule has 34 heavy (non-hydrogen) atoms. The fourth-order valence-electron chi connectivity index (χ4n) is 3.67. The molecule has 2 amide bonds. The van der Waals surface area contributed by atoms with Gasteiger partial charge in [0.25, 0.3) is 5.91 Å². The fraction of sp³-hybridized carbons (Fsp3) is 0.375. The number of benzene rings is 2. The molecule has 1 fully saturated rings. The summed E-state index contributed by atoms with van der Waals surface area (Å²) >= 11 is 0. The van der Waals surface area contributed by atoms with Crippen LogP contribution in [0, 0.1) is 17.5 Å². The van der Waals surface area contributed by atoms with Crippen LogP contribution in [0.2, 0.25) is 0 Å². The van der Waals surface area contributed by atoms with Crippen molar-refractivity contribution in [3.05, 3.63) is 71.0 Å². The Morgan fingerprint density at radius 1 is 0.971 bits per heavy atom. The van der Waals surface area contributed by atoms with Gasteiger partial charge in [0.05, 0.1) is 6.61 Å². The number of nitrogens with zero attached hydrogens (tertiary/aromatic N) is 1. The van der Waals surface area contributed by atoms with Crippen molar-refractivity contribution in [2.75, 3.05) is 6.61 Å². The van der Waals surface area contributed by atoms with Crippen molar-refractivity contribution in [1.29, 1.82) is 0 Å². The molecule has 1 aliphatic carbocycles. The molecule has 1 saturated carbocycles. The van der Waals surface area contributed by atoms with Crippen LogP contribution in [0.25, 0.3) is 0 Å². The highest BCUT2D eigenvalue weighted by atomic mass is 19.2. The molecule has 3 rings (SSSR count). The number of amides is 2. The second-order valence-electron chi connectivity index (χ2n) is 7.94. The van der Waals surface area contributed by atoms with Gasteiger partial charge in [-0.05, 0) is 68.5 Å². The highest BCUT2D eigenvalue weighted by molar-refractivity contribution is 6.02. The van der Waals surface area contributed by atoms with Crippen LogP contribution in [0.1, 0.15) is 48.5 Å². The molecule has 0 aliphatic heterocycles. The van der Waals surface area contributed by atoms with Crippen LogP contribution in [0.3, 0.4) is 0 Å². The first-order valence-corrected chi connectivity index (χ1v) is 11.1. The summed E-state index contributed by atoms with van der Waals surface area (Å²) in [5, 5.41) is 8.99. The monoisotopic (exact) mass is 476 g/mol. The molecule has 0 radical (unpaired) electrons. The highest BCUT2D eigenvalue weighted by Crippen LogP contribution is 2.19. The van der Waals surface area contributed by atoms with Crippen molar-refractivity contribution < 1.29 is 27.5 Å². The van der Waals surface area contributed by atoms with Crippen LogP contribution in [-0.2, 0) is 11.3 Å². The minimum atomic E-state index is -1.14. The molecule has 2 aromatic rings. The van der Waals surface area contributed by atoms with Crippen LogP contribution < -0.4 is 16.0 Å². The maximum absolute atomic E-state index is 13.6. The lowest BCUT2D eigenvalue weighted by molar-refractivity contribution is 0.100. The summed E-state index contributed by atoms with van der Waals surface area (Å²) in [5.74, 6) is -3.21. The van der Waals surface area contributed by atoms with E-state index in [-0.39, 0.29) is 30.2 Å². The lowest BCUT2D eigenvalue weighted by atomic mass is 9.91. The third-order valence-corrected chi connectivity index (χ3v) is 5.39. The summed E-state index contributed by atoms with van der Waals surface area (Å²) in [7, 11) is 0. The zero-order valence-corrected chi connectivity index (χ0v) is 18.7. The van der Waals surface area contributed by atoms with Crippen LogP contribution >= 0.6 is 0 Å². The first-order chi connectivity index (χ1) is 16.3. The quantitative estimate of drug-likeness (QED) is 0.433. The average Bonchev–Trinajstić information content (AvgIpc) is 2.80. The van der Waals surface area contributed by atoms with Crippen LogP contribution in [0.15, 0.2) is 47.5 Å². The van der Waals surface area contributed by atoms with Crippen molar-refractivity contribution in [1.82, 2.24) is 16.0 Å². The fourth-order valence-corrected chi connectivity index (χ4v) is 3.67. The van der Waals surface area contributed by atoms with Crippen LogP contribution in [0.5, 0.6) is 0 Å². The molecule has 0 unspecified atom stereocenters. The number of aliphatic imine (C=N–C) groups is 1. The van der Waals surface area contributed by atoms with E-state index in [0.717, 1.165) is 18.2 Å². The zero-order valence-electron chi connectivity index (χ0n) is 18.7. The van der Waals surface area contributed by atoms with Gasteiger partial charge in [0.2, 0.25) is 0 Å². The van der Waals surface area contributed by atoms with Gasteiger partial charge in [-0.2, -0.15) is 4.99 Å². The number of ether oxygens (including phenoxy) is 1. The molecule has 0 aromatic heterocycles. The molecule has 7 nitrogen and oxygen atoms in total. The smallest absolute Gasteiger partial charge is 0.407 e. The number of guanidine groups is 1. The molecule has 0 bridgehead atoms. The Morgan fingerprint density at radius 3 is 2.32 bits per heavy atom. The van der Waals surface area contributed by atoms with Gasteiger partial charge in [-0.15, -0.1) is 0 Å². The SMILES string of the molecule is CCOC(=O)N[C@H]1CC[C@H](N/C(=N\C(=O)c2ccc(F)c(F)c2)NCc2cccc(F)c2)CC1. The highest BCUT2D eigenvalue weighted by Gasteiger charge is 2.24. The second kappa shape index (κ2) is 12.1. The van der Waals surface area contributed by atoms with E-state index in [4.69, 9.17) is 4.74 Å². The van der Waals surface area contributed by atoms with Gasteiger partial charge in [-0.25, -0.2) is 18.0 Å². The average molecular weight is 476 g/mol. The lowest BCUT2D eigenvalue weighted by Crippen LogP contribution is -2.47. The molecule has 0 saturated heterocycles. The van der Waals surface area contributed by atoms with Crippen LogP contribution in [-0.4, -0.2) is 36.7 Å². The summed E-state index contributed by atoms with van der Waals surface area (Å²) in [6.07, 6.45) is 2.33. The Hall–Kier alpha value is -3.56. The summed E-state index contributed by atoms with van der Waals surface area (Å²) < 4.78 is 45.2. The normalized spacial score (nSPS) is 18.2. The molecule has 0 atom stereocenters. The first-order valence-electron chi connectivity index (χ1n) is 11.1. The summed E-state index contributed by atoms with van der Waals surface area (Å²) in [6.45, 7) is 2.22. The van der Waals surface area contributed by atoms with E-state index in [2.05, 4.69) is 20.9 Å². The van der Waals surface area contributed by atoms with E-state index < -0.39 is 29.5 Å². The number of hydrogen-bond donors (Lipinski definition) is 3. The van der Waals surface area contributed by atoms with Crippen molar-refractivity contribution in [3.8, 4) is 0 Å². The molecule has 10 heteroatoms. The molecule has 182 valence electrons. The van der Waals surface area contributed by atoms with E-state index in [1.807, 2.05) is 0 Å². The molecular formula is C24H27F3N4O3. The molecule has 0 spiro atoms. The number of nitrogens with one attached hydrogen (secondary N) is 3. The third kappa shape index (κ3) is 7.50. The predicted molar refractivity (Wildman–Crippen MR) is 121 cm³/mol. The van der Waals surface area contributed by atoms with E-state index in [1.54, 1.807) is 19.1 Å². The molecular weight excluding hydrogens is 449 g/mol. The maximum Gasteiger partial charge on any atom is 0.407 e. The topological polar surface area (TPSA) is 91.8 Å². The zero-order chi connectivity index (χ0) is 24.5. The first kappa shape index (κ1) is 25.1. The Morgan fingerprint density at radius 2 is 1.68 bits per heavy atom. The Labute approximate surface area is 195 Å². The van der Waals surface area contributed by atoms with Crippen molar-refractivity contribution in [3.63, 3.8) is 0 Å². The van der Waals surface area contributed by atoms with Gasteiger partial charge < -0.3 is 20.7 Å². The van der Waals surface area contributed by atoms with Gasteiger partial charge in [0.1, 0.15) is 5.82 Å². The summed E-state index contributed by atoms with van der Waals surface area (Å²) in [5.41, 5.74) is 0.533. The van der Waals surface area contributed by atoms with Gasteiger partial charge >= 0.3 is 6.09 Å². The Kier molecular flexibility index (Phi) is 8.89. The summed E-state index contributed by atoms with van der Waals surface area (Å²) in [4.78, 5) is 28.2. The second-order valence-corrected chi connectivity index (χ2v) is 7.94. The predicted octanol–water partition coefficient (Wildman–Crippen LogP) is 4.04. The van der Waals surface area contributed by atoms with Crippen molar-refractivity contribution in [2.24, 2.45) is 4.99 Å². The largest absolute Gasteiger partial charge is 0.450 e. The van der Waals surface area contributed by atoms with Gasteiger partial charge in [0, 0.05) is 24.2 Å². The molecule has 2 aromatic carbocycles. The number of carbonyl (C=O) groups is 2. The number of hydrogen-bond acceptors (Lipinski definition) is 3. The van der Waals surface area contributed by atoms with Crippen molar-refractivity contribution >= 4 is 18.0 Å². The van der Waals surface area contributed by atoms with E-state index in [0.29, 0.717) is 37.9 Å². The number of carbonyl (C=O) groups excluding carboxylic acids is 2. The van der Waals surface area contributed by atoms with Gasteiger partial charge in [-0.3, -0.25) is 4.79 Å². The van der Waals surface area contributed by atoms with E-state index >= 15 is 0 Å². The lowest BCUT2D eigenvalue weighted by Gasteiger charge is -2.30. The number of halogens is 3. The van der Waals surface area contributed by atoms with Gasteiger partial charge in [-0.1, -0.05) is 12.1 Å². The standard InChI is InChI=1S/C24H27F3N4O3/c1-2-34-24(33)30-19-9-7-18(8-10-19)29-23(28-14-15-4-3-5-17(25)12-15)31-22(32)16-6-11-20(26)21(27)13-16/h3-6,11-13,18-19H,2,7-10,14H2,1H3,(H,30,33)(H2,28,29,31,32)/t18-,19-. The molecule has 3 N–H and O–H groups in total.